The normalized spacial score (nSPS) is 10.5. The van der Waals surface area contributed by atoms with Crippen LogP contribution in [0.3, 0.4) is 0 Å². The zero-order valence-electron chi connectivity index (χ0n) is 9.57. The third-order valence-electron chi connectivity index (χ3n) is 2.39. The van der Waals surface area contributed by atoms with Gasteiger partial charge in [-0.25, -0.2) is 4.39 Å². The Morgan fingerprint density at radius 3 is 2.88 bits per heavy atom. The number of carbonyl (C=O) groups is 1. The molecule has 0 aliphatic rings. The summed E-state index contributed by atoms with van der Waals surface area (Å²) >= 11 is 0. The van der Waals surface area contributed by atoms with Gasteiger partial charge >= 0.3 is 0 Å². The third kappa shape index (κ3) is 3.62. The van der Waals surface area contributed by atoms with E-state index in [1.165, 1.54) is 12.1 Å². The minimum absolute atomic E-state index is 0.270. The summed E-state index contributed by atoms with van der Waals surface area (Å²) in [7, 11) is 3.41. The molecule has 0 heterocycles. The lowest BCUT2D eigenvalue weighted by molar-refractivity contribution is -0.108. The molecule has 0 aliphatic carbocycles. The van der Waals surface area contributed by atoms with Crippen molar-refractivity contribution in [1.82, 2.24) is 4.90 Å². The van der Waals surface area contributed by atoms with E-state index in [0.29, 0.717) is 25.3 Å². The zero-order chi connectivity index (χ0) is 12.0. The molecule has 0 aliphatic heterocycles. The quantitative estimate of drug-likeness (QED) is 0.687. The van der Waals surface area contributed by atoms with Crippen molar-refractivity contribution < 1.29 is 13.9 Å². The number of ether oxygens (including phenoxy) is 1. The first kappa shape index (κ1) is 12.6. The summed E-state index contributed by atoms with van der Waals surface area (Å²) in [6.07, 6.45) is 1.51. The molecule has 0 amide bonds. The van der Waals surface area contributed by atoms with Crippen molar-refractivity contribution in [1.29, 1.82) is 0 Å². The maximum atomic E-state index is 13.0. The number of likely N-dealkylation sites (N-methyl/N-ethyl adjacent to an activating group) is 1. The van der Waals surface area contributed by atoms with Crippen molar-refractivity contribution in [3.8, 4) is 5.75 Å². The molecule has 0 atom stereocenters. The molecular weight excluding hydrogens is 209 g/mol. The van der Waals surface area contributed by atoms with E-state index in [1.807, 2.05) is 11.9 Å². The summed E-state index contributed by atoms with van der Waals surface area (Å²) in [6.45, 7) is 1.08. The van der Waals surface area contributed by atoms with Crippen molar-refractivity contribution >= 4 is 6.29 Å². The number of methoxy groups -OCH3 is 1. The smallest absolute Gasteiger partial charge is 0.133 e. The minimum Gasteiger partial charge on any atom is -0.496 e. The fourth-order valence-corrected chi connectivity index (χ4v) is 1.47. The largest absolute Gasteiger partial charge is 0.496 e. The molecule has 0 saturated heterocycles. The van der Waals surface area contributed by atoms with E-state index in [2.05, 4.69) is 0 Å². The van der Waals surface area contributed by atoms with Crippen LogP contribution in [0, 0.1) is 5.82 Å². The van der Waals surface area contributed by atoms with Gasteiger partial charge < -0.3 is 9.53 Å². The molecule has 0 aromatic heterocycles. The maximum absolute atomic E-state index is 13.0. The number of aldehydes is 1. The van der Waals surface area contributed by atoms with Gasteiger partial charge in [0.15, 0.2) is 0 Å². The monoisotopic (exact) mass is 225 g/mol. The van der Waals surface area contributed by atoms with E-state index < -0.39 is 0 Å². The van der Waals surface area contributed by atoms with Crippen molar-refractivity contribution in [3.63, 3.8) is 0 Å². The maximum Gasteiger partial charge on any atom is 0.133 e. The molecule has 4 heteroatoms. The number of benzene rings is 1. The molecule has 0 saturated carbocycles. The molecule has 0 fully saturated rings. The van der Waals surface area contributed by atoms with E-state index >= 15 is 0 Å². The lowest BCUT2D eigenvalue weighted by Crippen LogP contribution is -2.23. The SMILES string of the molecule is COc1ccc(F)cc1CCN(C)CC=O. The number of nitrogens with zero attached hydrogens (tertiary/aromatic N) is 1. The van der Waals surface area contributed by atoms with Crippen LogP contribution in [0.15, 0.2) is 18.2 Å². The van der Waals surface area contributed by atoms with Gasteiger partial charge in [0.25, 0.3) is 0 Å². The molecule has 1 aromatic rings. The van der Waals surface area contributed by atoms with Crippen LogP contribution in [0.5, 0.6) is 5.75 Å². The molecule has 16 heavy (non-hydrogen) atoms. The first-order valence-electron chi connectivity index (χ1n) is 5.12. The molecule has 0 unspecified atom stereocenters. The summed E-state index contributed by atoms with van der Waals surface area (Å²) in [5, 5.41) is 0. The fraction of sp³-hybridized carbons (Fsp3) is 0.417. The number of hydrogen-bond acceptors (Lipinski definition) is 3. The summed E-state index contributed by atoms with van der Waals surface area (Å²) in [5.74, 6) is 0.412. The molecule has 1 aromatic carbocycles. The lowest BCUT2D eigenvalue weighted by atomic mass is 10.1. The van der Waals surface area contributed by atoms with Gasteiger partial charge in [-0.1, -0.05) is 0 Å². The van der Waals surface area contributed by atoms with Crippen LogP contribution in [-0.2, 0) is 11.2 Å². The van der Waals surface area contributed by atoms with E-state index in [1.54, 1.807) is 13.2 Å². The van der Waals surface area contributed by atoms with Crippen LogP contribution < -0.4 is 4.74 Å². The molecule has 1 rings (SSSR count). The van der Waals surface area contributed by atoms with Crippen molar-refractivity contribution in [3.05, 3.63) is 29.6 Å². The van der Waals surface area contributed by atoms with Crippen molar-refractivity contribution in [2.45, 2.75) is 6.42 Å². The molecule has 88 valence electrons. The third-order valence-corrected chi connectivity index (χ3v) is 2.39. The second-order valence-electron chi connectivity index (χ2n) is 3.64. The van der Waals surface area contributed by atoms with Gasteiger partial charge in [-0.15, -0.1) is 0 Å². The van der Waals surface area contributed by atoms with Crippen LogP contribution >= 0.6 is 0 Å². The van der Waals surface area contributed by atoms with Gasteiger partial charge in [-0.3, -0.25) is 4.90 Å². The predicted octanol–water partition coefficient (Wildman–Crippen LogP) is 1.51. The molecule has 0 spiro atoms. The summed E-state index contributed by atoms with van der Waals surface area (Å²) in [5.41, 5.74) is 0.820. The zero-order valence-corrected chi connectivity index (χ0v) is 9.57. The Hall–Kier alpha value is -1.42. The highest BCUT2D eigenvalue weighted by Crippen LogP contribution is 2.19. The highest BCUT2D eigenvalue weighted by Gasteiger charge is 2.06. The Balaban J connectivity index is 2.64. The lowest BCUT2D eigenvalue weighted by Gasteiger charge is -2.14. The Morgan fingerprint density at radius 2 is 2.25 bits per heavy atom. The summed E-state index contributed by atoms with van der Waals surface area (Å²) in [4.78, 5) is 12.1. The minimum atomic E-state index is -0.270. The van der Waals surface area contributed by atoms with Gasteiger partial charge in [0.2, 0.25) is 0 Å². The number of rotatable bonds is 6. The van der Waals surface area contributed by atoms with E-state index in [4.69, 9.17) is 4.74 Å². The van der Waals surface area contributed by atoms with Gasteiger partial charge in [-0.2, -0.15) is 0 Å². The molecule has 0 bridgehead atoms. The standard InChI is InChI=1S/C12H16FNO2/c1-14(7-8-15)6-5-10-9-11(13)3-4-12(10)16-2/h3-4,8-9H,5-7H2,1-2H3. The fourth-order valence-electron chi connectivity index (χ4n) is 1.47. The van der Waals surface area contributed by atoms with Crippen molar-refractivity contribution in [2.75, 3.05) is 27.2 Å². The first-order chi connectivity index (χ1) is 7.67. The molecule has 0 radical (unpaired) electrons. The van der Waals surface area contributed by atoms with Gasteiger partial charge in [-0.05, 0) is 37.2 Å². The predicted molar refractivity (Wildman–Crippen MR) is 60.2 cm³/mol. The van der Waals surface area contributed by atoms with Crippen molar-refractivity contribution in [2.24, 2.45) is 0 Å². The molecular formula is C12H16FNO2. The first-order valence-corrected chi connectivity index (χ1v) is 5.12. The van der Waals surface area contributed by atoms with Crippen LogP contribution in [-0.4, -0.2) is 38.4 Å². The highest BCUT2D eigenvalue weighted by molar-refractivity contribution is 5.51. The van der Waals surface area contributed by atoms with Gasteiger partial charge in [0.05, 0.1) is 13.7 Å². The molecule has 3 nitrogen and oxygen atoms in total. The Morgan fingerprint density at radius 1 is 1.50 bits per heavy atom. The van der Waals surface area contributed by atoms with E-state index in [0.717, 1.165) is 11.8 Å². The topological polar surface area (TPSA) is 29.5 Å². The summed E-state index contributed by atoms with van der Waals surface area (Å²) in [6, 6.07) is 4.45. The second-order valence-corrected chi connectivity index (χ2v) is 3.64. The Kier molecular flexibility index (Phi) is 4.92. The number of carbonyl (C=O) groups excluding carboxylic acids is 1. The van der Waals surface area contributed by atoms with Gasteiger partial charge in [0, 0.05) is 6.54 Å². The number of hydrogen-bond donors (Lipinski definition) is 0. The molecule has 0 N–H and O–H groups in total. The highest BCUT2D eigenvalue weighted by atomic mass is 19.1. The Bertz CT molecular complexity index is 355. The Labute approximate surface area is 94.8 Å². The van der Waals surface area contributed by atoms with Crippen LogP contribution in [0.4, 0.5) is 4.39 Å². The van der Waals surface area contributed by atoms with Crippen LogP contribution in [0.2, 0.25) is 0 Å². The van der Waals surface area contributed by atoms with Crippen LogP contribution in [0.1, 0.15) is 5.56 Å². The van der Waals surface area contributed by atoms with E-state index in [-0.39, 0.29) is 5.82 Å². The average molecular weight is 225 g/mol. The van der Waals surface area contributed by atoms with Crippen LogP contribution in [0.25, 0.3) is 0 Å². The number of halogens is 1. The summed E-state index contributed by atoms with van der Waals surface area (Å²) < 4.78 is 18.2. The second kappa shape index (κ2) is 6.23. The van der Waals surface area contributed by atoms with Gasteiger partial charge in [0.1, 0.15) is 17.9 Å². The van der Waals surface area contributed by atoms with E-state index in [9.17, 15) is 9.18 Å². The average Bonchev–Trinajstić information content (AvgIpc) is 2.27.